The van der Waals surface area contributed by atoms with E-state index >= 15 is 0 Å². The number of halogens is 2. The molecule has 0 aromatic heterocycles. The molecule has 0 spiro atoms. The molecule has 29 heavy (non-hydrogen) atoms. The molecule has 5 nitrogen and oxygen atoms in total. The van der Waals surface area contributed by atoms with Crippen LogP contribution in [0.1, 0.15) is 49.0 Å². The molecular formula is C22H27F2N3O2. The van der Waals surface area contributed by atoms with Crippen LogP contribution in [-0.4, -0.2) is 41.4 Å². The van der Waals surface area contributed by atoms with Crippen molar-refractivity contribution >= 4 is 17.4 Å². The highest BCUT2D eigenvalue weighted by Gasteiger charge is 2.28. The number of hydrogen-bond acceptors (Lipinski definition) is 4. The molecule has 1 aliphatic heterocycles. The van der Waals surface area contributed by atoms with Gasteiger partial charge in [0.25, 0.3) is 5.92 Å². The monoisotopic (exact) mass is 403 g/mol. The zero-order valence-corrected chi connectivity index (χ0v) is 16.8. The predicted molar refractivity (Wildman–Crippen MR) is 110 cm³/mol. The molecule has 1 fully saturated rings. The van der Waals surface area contributed by atoms with Gasteiger partial charge in [-0.05, 0) is 31.9 Å². The second-order valence-corrected chi connectivity index (χ2v) is 7.10. The predicted octanol–water partition coefficient (Wildman–Crippen LogP) is 3.85. The zero-order valence-electron chi connectivity index (χ0n) is 16.8. The molecule has 2 rings (SSSR count). The van der Waals surface area contributed by atoms with E-state index in [-0.39, 0.29) is 35.2 Å². The number of amides is 1. The maximum Gasteiger partial charge on any atom is 0.273 e. The number of Topliss-reactive ketones (excluding diaryl/α,β-unsaturated/α-hetero) is 1. The van der Waals surface area contributed by atoms with Gasteiger partial charge in [0, 0.05) is 36.3 Å². The van der Waals surface area contributed by atoms with Crippen molar-refractivity contribution in [2.75, 3.05) is 13.1 Å². The molecular weight excluding hydrogens is 376 g/mol. The van der Waals surface area contributed by atoms with E-state index in [1.807, 2.05) is 0 Å². The Kier molecular flexibility index (Phi) is 7.42. The molecule has 7 heteroatoms. The topological polar surface area (TPSA) is 75.8 Å². The van der Waals surface area contributed by atoms with Gasteiger partial charge < -0.3 is 10.6 Å². The van der Waals surface area contributed by atoms with E-state index in [9.17, 15) is 18.4 Å². The number of allylic oxidation sites excluding steroid dienone is 2. The minimum atomic E-state index is -2.92. The van der Waals surface area contributed by atoms with Crippen LogP contribution >= 0.6 is 0 Å². The average Bonchev–Trinajstić information content (AvgIpc) is 2.73. The van der Waals surface area contributed by atoms with Crippen LogP contribution in [0.5, 0.6) is 0 Å². The van der Waals surface area contributed by atoms with Gasteiger partial charge in [0.1, 0.15) is 0 Å². The van der Waals surface area contributed by atoms with Crippen LogP contribution in [0.3, 0.4) is 0 Å². The van der Waals surface area contributed by atoms with Gasteiger partial charge in [-0.1, -0.05) is 37.8 Å². The third kappa shape index (κ3) is 5.82. The number of nitrogens with zero attached hydrogens (tertiary/aromatic N) is 2. The normalized spacial score (nSPS) is 16.6. The van der Waals surface area contributed by atoms with Crippen molar-refractivity contribution < 1.29 is 18.4 Å². The van der Waals surface area contributed by atoms with Gasteiger partial charge >= 0.3 is 0 Å². The summed E-state index contributed by atoms with van der Waals surface area (Å²) in [6.07, 6.45) is 3.95. The van der Waals surface area contributed by atoms with Crippen molar-refractivity contribution in [2.24, 2.45) is 10.7 Å². The van der Waals surface area contributed by atoms with Crippen molar-refractivity contribution in [3.05, 3.63) is 59.8 Å². The molecule has 1 heterocycles. The minimum Gasteiger partial charge on any atom is -0.395 e. The lowest BCUT2D eigenvalue weighted by Crippen LogP contribution is -2.38. The summed E-state index contributed by atoms with van der Waals surface area (Å²) >= 11 is 0. The van der Waals surface area contributed by atoms with Crippen LogP contribution in [0.2, 0.25) is 0 Å². The SMILES string of the molecule is C=CC(=O)N1CCC(N=C(C)/C=C(\N)C(=O)c2ccc(C(F)(F)CC)cc2)CC1. The second kappa shape index (κ2) is 9.58. The van der Waals surface area contributed by atoms with Gasteiger partial charge in [-0.2, -0.15) is 0 Å². The Morgan fingerprint density at radius 3 is 2.38 bits per heavy atom. The lowest BCUT2D eigenvalue weighted by Gasteiger charge is -2.29. The summed E-state index contributed by atoms with van der Waals surface area (Å²) in [6, 6.07) is 5.28. The number of ketones is 1. The summed E-state index contributed by atoms with van der Waals surface area (Å²) in [5.41, 5.74) is 6.64. The molecule has 0 bridgehead atoms. The van der Waals surface area contributed by atoms with Crippen LogP contribution in [0.25, 0.3) is 0 Å². The fourth-order valence-corrected chi connectivity index (χ4v) is 3.20. The number of alkyl halides is 2. The smallest absolute Gasteiger partial charge is 0.273 e. The van der Waals surface area contributed by atoms with Crippen LogP contribution in [-0.2, 0) is 10.7 Å². The first-order valence-electron chi connectivity index (χ1n) is 9.64. The summed E-state index contributed by atoms with van der Waals surface area (Å²) in [4.78, 5) is 30.4. The van der Waals surface area contributed by atoms with E-state index < -0.39 is 11.7 Å². The van der Waals surface area contributed by atoms with E-state index in [1.54, 1.807) is 11.8 Å². The third-order valence-electron chi connectivity index (χ3n) is 4.98. The Bertz CT molecular complexity index is 821. The minimum absolute atomic E-state index is 0.000484. The first kappa shape index (κ1) is 22.5. The van der Waals surface area contributed by atoms with E-state index in [4.69, 9.17) is 5.73 Å². The van der Waals surface area contributed by atoms with Crippen molar-refractivity contribution in [2.45, 2.75) is 45.1 Å². The standard InChI is InChI=1S/C22H27F2N3O2/c1-4-20(28)27-12-10-18(11-13-27)26-15(3)14-19(25)21(29)16-6-8-17(9-7-16)22(23,24)5-2/h4,6-9,14,18H,1,5,10-13,25H2,2-3H3/b19-14-,26-15?. The van der Waals surface area contributed by atoms with Gasteiger partial charge in [-0.3, -0.25) is 14.6 Å². The Labute approximate surface area is 170 Å². The summed E-state index contributed by atoms with van der Waals surface area (Å²) in [6.45, 7) is 7.87. The number of carbonyl (C=O) groups is 2. The van der Waals surface area contributed by atoms with Gasteiger partial charge in [-0.15, -0.1) is 0 Å². The van der Waals surface area contributed by atoms with Crippen LogP contribution in [0.15, 0.2) is 53.7 Å². The first-order chi connectivity index (χ1) is 13.7. The Morgan fingerprint density at radius 2 is 1.86 bits per heavy atom. The quantitative estimate of drug-likeness (QED) is 0.427. The number of piperidine rings is 1. The molecule has 1 aliphatic rings. The van der Waals surface area contributed by atoms with E-state index in [1.165, 1.54) is 43.3 Å². The maximum atomic E-state index is 13.7. The largest absolute Gasteiger partial charge is 0.395 e. The highest BCUT2D eigenvalue weighted by Crippen LogP contribution is 2.31. The lowest BCUT2D eigenvalue weighted by atomic mass is 10.0. The highest BCUT2D eigenvalue weighted by molar-refractivity contribution is 6.11. The molecule has 156 valence electrons. The van der Waals surface area contributed by atoms with Crippen molar-refractivity contribution in [1.29, 1.82) is 0 Å². The molecule has 0 aliphatic carbocycles. The summed E-state index contributed by atoms with van der Waals surface area (Å²) in [5.74, 6) is -3.43. The summed E-state index contributed by atoms with van der Waals surface area (Å²) in [7, 11) is 0. The van der Waals surface area contributed by atoms with E-state index in [0.29, 0.717) is 18.8 Å². The molecule has 2 N–H and O–H groups in total. The van der Waals surface area contributed by atoms with Crippen LogP contribution < -0.4 is 5.73 Å². The fourth-order valence-electron chi connectivity index (χ4n) is 3.20. The van der Waals surface area contributed by atoms with Gasteiger partial charge in [0.15, 0.2) is 0 Å². The molecule has 1 aromatic carbocycles. The summed E-state index contributed by atoms with van der Waals surface area (Å²) in [5, 5.41) is 0. The van der Waals surface area contributed by atoms with Gasteiger partial charge in [-0.25, -0.2) is 8.78 Å². The second-order valence-electron chi connectivity index (χ2n) is 7.10. The number of hydrogen-bond donors (Lipinski definition) is 1. The summed E-state index contributed by atoms with van der Waals surface area (Å²) < 4.78 is 27.4. The first-order valence-corrected chi connectivity index (χ1v) is 9.64. The number of likely N-dealkylation sites (tertiary alicyclic amines) is 1. The van der Waals surface area contributed by atoms with E-state index in [0.717, 1.165) is 12.8 Å². The Morgan fingerprint density at radius 1 is 1.28 bits per heavy atom. The number of carbonyl (C=O) groups excluding carboxylic acids is 2. The molecule has 0 saturated carbocycles. The average molecular weight is 403 g/mol. The highest BCUT2D eigenvalue weighted by atomic mass is 19.3. The molecule has 0 atom stereocenters. The van der Waals surface area contributed by atoms with E-state index in [2.05, 4.69) is 11.6 Å². The fraction of sp³-hybridized carbons (Fsp3) is 0.409. The van der Waals surface area contributed by atoms with Crippen LogP contribution in [0, 0.1) is 0 Å². The molecule has 0 radical (unpaired) electrons. The molecule has 1 amide bonds. The van der Waals surface area contributed by atoms with Gasteiger partial charge in [0.05, 0.1) is 11.7 Å². The zero-order chi connectivity index (χ0) is 21.6. The number of benzene rings is 1. The molecule has 1 saturated heterocycles. The van der Waals surface area contributed by atoms with Crippen molar-refractivity contribution in [3.63, 3.8) is 0 Å². The maximum absolute atomic E-state index is 13.7. The third-order valence-corrected chi connectivity index (χ3v) is 4.98. The Hall–Kier alpha value is -2.83. The Balaban J connectivity index is 2.02. The number of aliphatic imine (C=N–C) groups is 1. The molecule has 1 aromatic rings. The lowest BCUT2D eigenvalue weighted by molar-refractivity contribution is -0.126. The number of nitrogens with two attached hydrogens (primary N) is 1. The van der Waals surface area contributed by atoms with Gasteiger partial charge in [0.2, 0.25) is 11.7 Å². The molecule has 0 unspecified atom stereocenters. The number of rotatable bonds is 7. The van der Waals surface area contributed by atoms with Crippen LogP contribution in [0.4, 0.5) is 8.78 Å². The van der Waals surface area contributed by atoms with Crippen molar-refractivity contribution in [1.82, 2.24) is 4.90 Å². The van der Waals surface area contributed by atoms with Crippen molar-refractivity contribution in [3.8, 4) is 0 Å².